The first-order valence-electron chi connectivity index (χ1n) is 3.60. The molecule has 5 nitrogen and oxygen atoms in total. The molecule has 0 atom stereocenters. The minimum atomic E-state index is 0.489. The Morgan fingerprint density at radius 1 is 1.50 bits per heavy atom. The van der Waals surface area contributed by atoms with Crippen molar-refractivity contribution in [1.29, 1.82) is 0 Å². The summed E-state index contributed by atoms with van der Waals surface area (Å²) < 4.78 is 1.79. The molecule has 0 amide bonds. The van der Waals surface area contributed by atoms with Crippen LogP contribution in [0.1, 0.15) is 5.69 Å². The highest BCUT2D eigenvalue weighted by molar-refractivity contribution is 5.78. The van der Waals surface area contributed by atoms with E-state index < -0.39 is 0 Å². The first-order valence-corrected chi connectivity index (χ1v) is 3.60. The molecule has 0 bridgehead atoms. The Morgan fingerprint density at radius 3 is 2.92 bits per heavy atom. The number of imidazole rings is 1. The Morgan fingerprint density at radius 2 is 2.25 bits per heavy atom. The van der Waals surface area contributed by atoms with Crippen molar-refractivity contribution in [1.82, 2.24) is 19.7 Å². The minimum Gasteiger partial charge on any atom is -0.369 e. The summed E-state index contributed by atoms with van der Waals surface area (Å²) in [5.74, 6) is 0.489. The summed E-state index contributed by atoms with van der Waals surface area (Å²) in [6.45, 7) is 1.86. The van der Waals surface area contributed by atoms with Gasteiger partial charge >= 0.3 is 0 Å². The van der Waals surface area contributed by atoms with Gasteiger partial charge in [0.05, 0.1) is 17.4 Å². The fourth-order valence-corrected chi connectivity index (χ4v) is 1.16. The number of nitrogen functional groups attached to an aromatic ring is 1. The summed E-state index contributed by atoms with van der Waals surface area (Å²) in [5.41, 5.74) is 8.16. The van der Waals surface area contributed by atoms with Crippen LogP contribution in [0.5, 0.6) is 0 Å². The van der Waals surface area contributed by atoms with Gasteiger partial charge in [-0.3, -0.25) is 0 Å². The van der Waals surface area contributed by atoms with Crippen LogP contribution in [0.15, 0.2) is 6.20 Å². The summed E-state index contributed by atoms with van der Waals surface area (Å²) in [6.07, 6.45) is 1.66. The average molecular weight is 163 g/mol. The van der Waals surface area contributed by atoms with Crippen molar-refractivity contribution in [3.05, 3.63) is 11.9 Å². The first kappa shape index (κ1) is 7.02. The van der Waals surface area contributed by atoms with Gasteiger partial charge in [-0.1, -0.05) is 0 Å². The standard InChI is InChI=1S/C7H9N5/c1-4-6-5(3-9-11-4)12(2)7(8)10-6/h3H,1-2H3,(H2,8,10). The van der Waals surface area contributed by atoms with Gasteiger partial charge in [-0.15, -0.1) is 0 Å². The van der Waals surface area contributed by atoms with Crippen molar-refractivity contribution in [2.75, 3.05) is 5.73 Å². The summed E-state index contributed by atoms with van der Waals surface area (Å²) >= 11 is 0. The summed E-state index contributed by atoms with van der Waals surface area (Å²) in [5, 5.41) is 7.70. The van der Waals surface area contributed by atoms with Crippen molar-refractivity contribution >= 4 is 17.0 Å². The maximum absolute atomic E-state index is 5.62. The second-order valence-electron chi connectivity index (χ2n) is 2.69. The third-order valence-corrected chi connectivity index (χ3v) is 1.90. The van der Waals surface area contributed by atoms with E-state index in [1.54, 1.807) is 10.8 Å². The Kier molecular flexibility index (Phi) is 1.27. The smallest absolute Gasteiger partial charge is 0.201 e. The molecule has 0 aliphatic heterocycles. The van der Waals surface area contributed by atoms with E-state index in [9.17, 15) is 0 Å². The predicted octanol–water partition coefficient (Wildman–Crippen LogP) is 0.254. The molecule has 5 heteroatoms. The Bertz CT molecular complexity index is 431. The van der Waals surface area contributed by atoms with E-state index in [0.717, 1.165) is 16.7 Å². The molecule has 62 valence electrons. The van der Waals surface area contributed by atoms with E-state index in [-0.39, 0.29) is 0 Å². The van der Waals surface area contributed by atoms with Crippen molar-refractivity contribution in [3.63, 3.8) is 0 Å². The molecule has 2 aromatic heterocycles. The highest BCUT2D eigenvalue weighted by Gasteiger charge is 2.06. The fraction of sp³-hybridized carbons (Fsp3) is 0.286. The van der Waals surface area contributed by atoms with Crippen LogP contribution in [0.2, 0.25) is 0 Å². The molecule has 0 fully saturated rings. The quantitative estimate of drug-likeness (QED) is 0.604. The predicted molar refractivity (Wildman–Crippen MR) is 45.5 cm³/mol. The number of hydrogen-bond donors (Lipinski definition) is 1. The molecule has 12 heavy (non-hydrogen) atoms. The molecule has 2 heterocycles. The lowest BCUT2D eigenvalue weighted by molar-refractivity contribution is 0.947. The first-order chi connectivity index (χ1) is 5.70. The molecule has 0 aliphatic rings. The number of anilines is 1. The van der Waals surface area contributed by atoms with Crippen LogP contribution >= 0.6 is 0 Å². The molecular formula is C7H9N5. The van der Waals surface area contributed by atoms with Crippen LogP contribution in [0, 0.1) is 6.92 Å². The van der Waals surface area contributed by atoms with Crippen LogP contribution < -0.4 is 5.73 Å². The molecule has 0 aliphatic carbocycles. The molecular weight excluding hydrogens is 154 g/mol. The molecule has 0 unspecified atom stereocenters. The molecule has 0 radical (unpaired) electrons. The zero-order valence-corrected chi connectivity index (χ0v) is 6.94. The van der Waals surface area contributed by atoms with Gasteiger partial charge < -0.3 is 10.3 Å². The largest absolute Gasteiger partial charge is 0.369 e. The van der Waals surface area contributed by atoms with Crippen LogP contribution in [-0.4, -0.2) is 19.7 Å². The van der Waals surface area contributed by atoms with Crippen LogP contribution in [0.3, 0.4) is 0 Å². The SMILES string of the molecule is Cc1nncc2c1nc(N)n2C. The topological polar surface area (TPSA) is 69.6 Å². The number of aromatic nitrogens is 4. The average Bonchev–Trinajstić information content (AvgIpc) is 2.32. The molecule has 2 N–H and O–H groups in total. The highest BCUT2D eigenvalue weighted by atomic mass is 15.2. The molecule has 0 saturated heterocycles. The van der Waals surface area contributed by atoms with Crippen LogP contribution in [-0.2, 0) is 7.05 Å². The summed E-state index contributed by atoms with van der Waals surface area (Å²) in [6, 6.07) is 0. The second kappa shape index (κ2) is 2.17. The van der Waals surface area contributed by atoms with Gasteiger partial charge in [-0.05, 0) is 6.92 Å². The molecule has 2 rings (SSSR count). The lowest BCUT2D eigenvalue weighted by atomic mass is 10.4. The lowest BCUT2D eigenvalue weighted by Crippen LogP contribution is -1.96. The van der Waals surface area contributed by atoms with Gasteiger partial charge in [0.1, 0.15) is 5.52 Å². The molecule has 0 aromatic carbocycles. The zero-order valence-electron chi connectivity index (χ0n) is 6.94. The van der Waals surface area contributed by atoms with Gasteiger partial charge in [0.2, 0.25) is 5.95 Å². The molecule has 0 saturated carbocycles. The van der Waals surface area contributed by atoms with Gasteiger partial charge in [-0.25, -0.2) is 4.98 Å². The molecule has 2 aromatic rings. The summed E-state index contributed by atoms with van der Waals surface area (Å²) in [7, 11) is 1.85. The number of fused-ring (bicyclic) bond motifs is 1. The van der Waals surface area contributed by atoms with Gasteiger partial charge in [-0.2, -0.15) is 10.2 Å². The van der Waals surface area contributed by atoms with Crippen LogP contribution in [0.25, 0.3) is 11.0 Å². The Balaban J connectivity index is 2.95. The molecule has 0 spiro atoms. The van der Waals surface area contributed by atoms with E-state index in [0.29, 0.717) is 5.95 Å². The highest BCUT2D eigenvalue weighted by Crippen LogP contribution is 2.15. The van der Waals surface area contributed by atoms with E-state index in [2.05, 4.69) is 15.2 Å². The summed E-state index contributed by atoms with van der Waals surface area (Å²) in [4.78, 5) is 4.15. The lowest BCUT2D eigenvalue weighted by Gasteiger charge is -1.94. The zero-order chi connectivity index (χ0) is 8.72. The van der Waals surface area contributed by atoms with E-state index in [4.69, 9.17) is 5.73 Å². The third-order valence-electron chi connectivity index (χ3n) is 1.90. The van der Waals surface area contributed by atoms with E-state index in [1.807, 2.05) is 14.0 Å². The maximum atomic E-state index is 5.62. The van der Waals surface area contributed by atoms with Gasteiger partial charge in [0, 0.05) is 7.05 Å². The Labute approximate surface area is 69.2 Å². The number of rotatable bonds is 0. The van der Waals surface area contributed by atoms with Crippen molar-refractivity contribution < 1.29 is 0 Å². The van der Waals surface area contributed by atoms with Crippen molar-refractivity contribution in [3.8, 4) is 0 Å². The third kappa shape index (κ3) is 0.761. The minimum absolute atomic E-state index is 0.489. The number of aryl methyl sites for hydroxylation is 2. The fourth-order valence-electron chi connectivity index (χ4n) is 1.16. The van der Waals surface area contributed by atoms with E-state index in [1.165, 1.54) is 0 Å². The van der Waals surface area contributed by atoms with Crippen LogP contribution in [0.4, 0.5) is 5.95 Å². The normalized spacial score (nSPS) is 10.8. The van der Waals surface area contributed by atoms with E-state index >= 15 is 0 Å². The van der Waals surface area contributed by atoms with Gasteiger partial charge in [0.25, 0.3) is 0 Å². The number of nitrogens with zero attached hydrogens (tertiary/aromatic N) is 4. The van der Waals surface area contributed by atoms with Crippen molar-refractivity contribution in [2.24, 2.45) is 7.05 Å². The second-order valence-corrected chi connectivity index (χ2v) is 2.69. The monoisotopic (exact) mass is 163 g/mol. The maximum Gasteiger partial charge on any atom is 0.201 e. The Hall–Kier alpha value is -1.65. The number of nitrogens with two attached hydrogens (primary N) is 1. The van der Waals surface area contributed by atoms with Crippen molar-refractivity contribution in [2.45, 2.75) is 6.92 Å². The van der Waals surface area contributed by atoms with Gasteiger partial charge in [0.15, 0.2) is 0 Å². The number of hydrogen-bond acceptors (Lipinski definition) is 4.